The summed E-state index contributed by atoms with van der Waals surface area (Å²) in [5.41, 5.74) is -0.858. The molecule has 0 aliphatic carbocycles. The summed E-state index contributed by atoms with van der Waals surface area (Å²) in [4.78, 5) is 25.4. The van der Waals surface area contributed by atoms with Crippen LogP contribution in [0.4, 0.5) is 9.18 Å². The van der Waals surface area contributed by atoms with Crippen LogP contribution in [0.5, 0.6) is 0 Å². The summed E-state index contributed by atoms with van der Waals surface area (Å²) >= 11 is 9.32. The average molecular weight is 646 g/mol. The van der Waals surface area contributed by atoms with Gasteiger partial charge in [-0.25, -0.2) is 31.7 Å². The third-order valence-corrected chi connectivity index (χ3v) is 7.65. The van der Waals surface area contributed by atoms with E-state index in [0.29, 0.717) is 21.1 Å². The molecule has 0 spiro atoms. The quantitative estimate of drug-likeness (QED) is 0.297. The summed E-state index contributed by atoms with van der Waals surface area (Å²) in [5, 5.41) is 0.610. The largest absolute Gasteiger partial charge is 0.456 e. The van der Waals surface area contributed by atoms with E-state index in [0.717, 1.165) is 4.57 Å². The van der Waals surface area contributed by atoms with Crippen LogP contribution in [0.25, 0.3) is 10.9 Å². The van der Waals surface area contributed by atoms with Crippen molar-refractivity contribution in [3.63, 3.8) is 0 Å². The van der Waals surface area contributed by atoms with E-state index in [9.17, 15) is 18.0 Å². The summed E-state index contributed by atoms with van der Waals surface area (Å²) in [7, 11) is -4.19. The lowest BCUT2D eigenvalue weighted by Crippen LogP contribution is -2.30. The van der Waals surface area contributed by atoms with E-state index >= 15 is 4.39 Å². The Balaban J connectivity index is 1.96. The molecule has 39 heavy (non-hydrogen) atoms. The smallest absolute Gasteiger partial charge is 0.419 e. The number of nitrogens with zero attached hydrogens (tertiary/aromatic N) is 1. The number of nitrogens with one attached hydrogen (secondary N) is 1. The molecule has 2 aromatic carbocycles. The highest BCUT2D eigenvalue weighted by Crippen LogP contribution is 2.32. The minimum atomic E-state index is -4.19. The van der Waals surface area contributed by atoms with Gasteiger partial charge in [-0.2, -0.15) is 0 Å². The molecule has 0 fully saturated rings. The first kappa shape index (κ1) is 31.1. The Bertz CT molecular complexity index is 1560. The number of benzene rings is 2. The SMILES string of the molecule is Cc1c(CCNS(=O)(=O)c2ccc(Cl)cc2C(=O)OC(C)(C)C)c2cc(Br)cc(F)c2n1C(=O)OC(C)(C)C. The van der Waals surface area contributed by atoms with Crippen molar-refractivity contribution >= 4 is 60.5 Å². The van der Waals surface area contributed by atoms with Crippen molar-refractivity contribution in [2.45, 2.75) is 71.0 Å². The monoisotopic (exact) mass is 644 g/mol. The number of ether oxygens (including phenoxy) is 2. The van der Waals surface area contributed by atoms with E-state index in [1.165, 1.54) is 24.3 Å². The molecule has 0 unspecified atom stereocenters. The first-order valence-electron chi connectivity index (χ1n) is 12.1. The Hall–Kier alpha value is -2.47. The molecule has 1 aromatic heterocycles. The predicted octanol–water partition coefficient (Wildman–Crippen LogP) is 6.76. The van der Waals surface area contributed by atoms with Gasteiger partial charge in [0, 0.05) is 27.1 Å². The number of rotatable bonds is 6. The fourth-order valence-corrected chi connectivity index (χ4v) is 5.80. The van der Waals surface area contributed by atoms with Gasteiger partial charge in [-0.1, -0.05) is 27.5 Å². The van der Waals surface area contributed by atoms with Gasteiger partial charge in [-0.3, -0.25) is 0 Å². The van der Waals surface area contributed by atoms with Crippen molar-refractivity contribution < 1.29 is 31.9 Å². The van der Waals surface area contributed by atoms with E-state index in [4.69, 9.17) is 21.1 Å². The third kappa shape index (κ3) is 7.39. The fraction of sp³-hybridized carbons (Fsp3) is 0.407. The Kier molecular flexibility index (Phi) is 8.91. The average Bonchev–Trinajstić information content (AvgIpc) is 3.03. The number of fused-ring (bicyclic) bond motifs is 1. The maximum Gasteiger partial charge on any atom is 0.419 e. The molecular formula is C27H31BrClFN2O6S. The number of hydrogen-bond donors (Lipinski definition) is 1. The number of halogens is 3. The Morgan fingerprint density at radius 2 is 1.67 bits per heavy atom. The second-order valence-electron chi connectivity index (χ2n) is 11.0. The first-order valence-corrected chi connectivity index (χ1v) is 14.7. The van der Waals surface area contributed by atoms with Gasteiger partial charge in [0.1, 0.15) is 17.0 Å². The second kappa shape index (κ2) is 11.2. The van der Waals surface area contributed by atoms with Crippen LogP contribution in [0.3, 0.4) is 0 Å². The lowest BCUT2D eigenvalue weighted by molar-refractivity contribution is 0.00647. The molecule has 3 rings (SSSR count). The Labute approximate surface area is 241 Å². The lowest BCUT2D eigenvalue weighted by Gasteiger charge is -2.21. The molecule has 0 saturated carbocycles. The molecular weight excluding hydrogens is 615 g/mol. The van der Waals surface area contributed by atoms with Crippen LogP contribution >= 0.6 is 27.5 Å². The fourth-order valence-electron chi connectivity index (χ4n) is 3.99. The molecule has 0 bridgehead atoms. The molecule has 212 valence electrons. The highest BCUT2D eigenvalue weighted by atomic mass is 79.9. The van der Waals surface area contributed by atoms with E-state index in [1.54, 1.807) is 54.5 Å². The minimum absolute atomic E-state index is 0.0349. The Morgan fingerprint density at radius 3 is 2.26 bits per heavy atom. The van der Waals surface area contributed by atoms with Gasteiger partial charge >= 0.3 is 12.1 Å². The van der Waals surface area contributed by atoms with Gasteiger partial charge in [0.2, 0.25) is 10.0 Å². The van der Waals surface area contributed by atoms with E-state index in [1.807, 2.05) is 0 Å². The van der Waals surface area contributed by atoms with Crippen LogP contribution in [0.1, 0.15) is 63.2 Å². The molecule has 0 aliphatic heterocycles. The topological polar surface area (TPSA) is 104 Å². The highest BCUT2D eigenvalue weighted by Gasteiger charge is 2.28. The highest BCUT2D eigenvalue weighted by molar-refractivity contribution is 9.10. The lowest BCUT2D eigenvalue weighted by atomic mass is 10.1. The van der Waals surface area contributed by atoms with E-state index in [2.05, 4.69) is 20.7 Å². The molecule has 1 N–H and O–H groups in total. The van der Waals surface area contributed by atoms with Crippen molar-refractivity contribution in [1.82, 2.24) is 9.29 Å². The zero-order valence-electron chi connectivity index (χ0n) is 22.7. The van der Waals surface area contributed by atoms with Crippen molar-refractivity contribution in [3.05, 3.63) is 62.5 Å². The molecule has 8 nitrogen and oxygen atoms in total. The molecule has 0 atom stereocenters. The van der Waals surface area contributed by atoms with Crippen molar-refractivity contribution in [2.24, 2.45) is 0 Å². The molecule has 0 amide bonds. The summed E-state index contributed by atoms with van der Waals surface area (Å²) in [6, 6.07) is 6.74. The van der Waals surface area contributed by atoms with Crippen LogP contribution in [0, 0.1) is 12.7 Å². The van der Waals surface area contributed by atoms with Gasteiger partial charge in [-0.15, -0.1) is 0 Å². The second-order valence-corrected chi connectivity index (χ2v) is 14.0. The number of carbonyl (C=O) groups is 2. The zero-order valence-corrected chi connectivity index (χ0v) is 25.9. The van der Waals surface area contributed by atoms with Gasteiger partial charge in [0.15, 0.2) is 0 Å². The van der Waals surface area contributed by atoms with Gasteiger partial charge in [-0.05, 0) is 90.8 Å². The normalized spacial score (nSPS) is 12.6. The molecule has 0 radical (unpaired) electrons. The number of aromatic nitrogens is 1. The summed E-state index contributed by atoms with van der Waals surface area (Å²) in [5.74, 6) is -1.47. The minimum Gasteiger partial charge on any atom is -0.456 e. The molecule has 1 heterocycles. The van der Waals surface area contributed by atoms with Gasteiger partial charge in [0.05, 0.1) is 16.0 Å². The molecule has 0 aliphatic rings. The standard InChI is InChI=1S/C27H31BrClFN2O6S/c1-15-18(19-12-16(28)13-21(30)23(19)32(15)25(34)38-27(5,6)7)10-11-31-39(35,36)22-9-8-17(29)14-20(22)24(33)37-26(2,3)4/h8-9,12-14,31H,10-11H2,1-7H3. The number of sulfonamides is 1. The van der Waals surface area contributed by atoms with Crippen molar-refractivity contribution in [1.29, 1.82) is 0 Å². The van der Waals surface area contributed by atoms with Crippen molar-refractivity contribution in [3.8, 4) is 0 Å². The molecule has 12 heteroatoms. The number of hydrogen-bond acceptors (Lipinski definition) is 6. The van der Waals surface area contributed by atoms with Crippen LogP contribution < -0.4 is 4.72 Å². The third-order valence-electron chi connectivity index (χ3n) is 5.44. The van der Waals surface area contributed by atoms with Crippen LogP contribution in [0.15, 0.2) is 39.7 Å². The van der Waals surface area contributed by atoms with Gasteiger partial charge in [0.25, 0.3) is 0 Å². The summed E-state index contributed by atoms with van der Waals surface area (Å²) in [6.07, 6.45) is -0.635. The molecule has 0 saturated heterocycles. The predicted molar refractivity (Wildman–Crippen MR) is 151 cm³/mol. The van der Waals surface area contributed by atoms with E-state index < -0.39 is 39.1 Å². The van der Waals surface area contributed by atoms with Crippen LogP contribution in [-0.2, 0) is 25.9 Å². The zero-order chi connectivity index (χ0) is 29.5. The summed E-state index contributed by atoms with van der Waals surface area (Å²) in [6.45, 7) is 11.6. The van der Waals surface area contributed by atoms with E-state index in [-0.39, 0.29) is 34.0 Å². The van der Waals surface area contributed by atoms with Gasteiger partial charge < -0.3 is 9.47 Å². The summed E-state index contributed by atoms with van der Waals surface area (Å²) < 4.78 is 56.5. The Morgan fingerprint density at radius 1 is 1.05 bits per heavy atom. The number of carbonyl (C=O) groups excluding carboxylic acids is 2. The van der Waals surface area contributed by atoms with Crippen LogP contribution in [-0.4, -0.2) is 42.8 Å². The van der Waals surface area contributed by atoms with Crippen LogP contribution in [0.2, 0.25) is 5.02 Å². The first-order chi connectivity index (χ1) is 17.8. The van der Waals surface area contributed by atoms with Crippen molar-refractivity contribution in [2.75, 3.05) is 6.54 Å². The number of esters is 1. The molecule has 3 aromatic rings. The maximum atomic E-state index is 15.1. The maximum absolute atomic E-state index is 15.1.